The van der Waals surface area contributed by atoms with Gasteiger partial charge in [-0.15, -0.1) is 0 Å². The first-order valence-electron chi connectivity index (χ1n) is 7.79. The van der Waals surface area contributed by atoms with Crippen molar-refractivity contribution in [2.75, 3.05) is 0 Å². The smallest absolute Gasteiger partial charge is 0.351 e. The van der Waals surface area contributed by atoms with Crippen molar-refractivity contribution in [2.45, 2.75) is 36.8 Å². The number of carbonyl (C=O) groups excluding carboxylic acids is 1. The Balaban J connectivity index is 2.13. The second kappa shape index (κ2) is 8.39. The van der Waals surface area contributed by atoms with Crippen LogP contribution in [0.2, 0.25) is 0 Å². The van der Waals surface area contributed by atoms with Gasteiger partial charge in [-0.25, -0.2) is 9.37 Å². The van der Waals surface area contributed by atoms with Crippen LogP contribution < -0.4 is 5.32 Å². The molecule has 4 nitrogen and oxygen atoms in total. The zero-order chi connectivity index (χ0) is 20.2. The number of pyridine rings is 1. The molecule has 1 amide bonds. The molecule has 1 atom stereocenters. The average molecular weight is 397 g/mol. The molecule has 2 aromatic rings. The van der Waals surface area contributed by atoms with Gasteiger partial charge in [-0.05, 0) is 37.6 Å². The highest BCUT2D eigenvalue weighted by Crippen LogP contribution is 2.36. The van der Waals surface area contributed by atoms with Gasteiger partial charge in [0.25, 0.3) is 0 Å². The number of alkyl halides is 3. The van der Waals surface area contributed by atoms with Crippen LogP contribution in [0.25, 0.3) is 0 Å². The van der Waals surface area contributed by atoms with Crippen LogP contribution in [0.1, 0.15) is 29.3 Å². The third-order valence-electron chi connectivity index (χ3n) is 3.57. The quantitative estimate of drug-likeness (QED) is 0.606. The molecular weight excluding hydrogens is 382 g/mol. The van der Waals surface area contributed by atoms with Gasteiger partial charge in [-0.2, -0.15) is 18.4 Å². The van der Waals surface area contributed by atoms with Crippen LogP contribution in [0.5, 0.6) is 0 Å². The van der Waals surface area contributed by atoms with E-state index >= 15 is 0 Å². The second-order valence-electron chi connectivity index (χ2n) is 5.71. The van der Waals surface area contributed by atoms with E-state index in [-0.39, 0.29) is 17.3 Å². The Labute approximate surface area is 157 Å². The maximum absolute atomic E-state index is 13.1. The van der Waals surface area contributed by atoms with E-state index in [1.54, 1.807) is 0 Å². The number of rotatable bonds is 5. The molecule has 0 spiro atoms. The highest BCUT2D eigenvalue weighted by molar-refractivity contribution is 8.00. The number of hydrogen-bond acceptors (Lipinski definition) is 4. The molecule has 1 heterocycles. The summed E-state index contributed by atoms with van der Waals surface area (Å²) in [6.07, 6.45) is -4.69. The normalized spacial score (nSPS) is 12.3. The van der Waals surface area contributed by atoms with Crippen molar-refractivity contribution in [3.05, 3.63) is 58.5 Å². The van der Waals surface area contributed by atoms with Gasteiger partial charge in [0, 0.05) is 12.2 Å². The molecule has 1 aromatic heterocycles. The number of nitrogens with zero attached hydrogens (tertiary/aromatic N) is 2. The molecule has 1 N–H and O–H groups in total. The summed E-state index contributed by atoms with van der Waals surface area (Å²) in [4.78, 5) is 16.2. The first-order chi connectivity index (χ1) is 12.6. The number of carbonyl (C=O) groups is 1. The number of benzene rings is 1. The van der Waals surface area contributed by atoms with Crippen LogP contribution in [-0.4, -0.2) is 16.1 Å². The average Bonchev–Trinajstić information content (AvgIpc) is 2.59. The molecule has 0 aliphatic rings. The standard InChI is InChI=1S/C18H15F4N3OS/c1-10-7-15(18(20,21)22)14(8-23)17(25-10)27-11(2)16(26)24-9-12-3-5-13(19)6-4-12/h3-7,11H,9H2,1-2H3,(H,24,26). The van der Waals surface area contributed by atoms with E-state index in [1.165, 1.54) is 44.2 Å². The van der Waals surface area contributed by atoms with E-state index in [1.807, 2.05) is 0 Å². The summed E-state index contributed by atoms with van der Waals surface area (Å²) in [7, 11) is 0. The van der Waals surface area contributed by atoms with Gasteiger partial charge in [0.15, 0.2) is 0 Å². The molecule has 0 bridgehead atoms. The maximum atomic E-state index is 13.1. The van der Waals surface area contributed by atoms with E-state index in [2.05, 4.69) is 10.3 Å². The Hall–Kier alpha value is -2.60. The van der Waals surface area contributed by atoms with Crippen molar-refractivity contribution in [1.82, 2.24) is 10.3 Å². The Morgan fingerprint density at radius 2 is 1.96 bits per heavy atom. The fraction of sp³-hybridized carbons (Fsp3) is 0.278. The van der Waals surface area contributed by atoms with Crippen molar-refractivity contribution < 1.29 is 22.4 Å². The first kappa shape index (κ1) is 20.7. The number of nitriles is 1. The van der Waals surface area contributed by atoms with Crippen molar-refractivity contribution in [3.63, 3.8) is 0 Å². The van der Waals surface area contributed by atoms with Crippen molar-refractivity contribution in [1.29, 1.82) is 5.26 Å². The molecule has 142 valence electrons. The maximum Gasteiger partial charge on any atom is 0.417 e. The number of aromatic nitrogens is 1. The van der Waals surface area contributed by atoms with Crippen LogP contribution >= 0.6 is 11.8 Å². The fourth-order valence-electron chi connectivity index (χ4n) is 2.22. The van der Waals surface area contributed by atoms with Crippen LogP contribution in [0.3, 0.4) is 0 Å². The topological polar surface area (TPSA) is 65.8 Å². The Morgan fingerprint density at radius 1 is 1.33 bits per heavy atom. The van der Waals surface area contributed by atoms with Crippen molar-refractivity contribution >= 4 is 17.7 Å². The predicted octanol–water partition coefficient (Wildman–Crippen LogP) is 4.22. The molecule has 0 aliphatic carbocycles. The lowest BCUT2D eigenvalue weighted by atomic mass is 10.1. The summed E-state index contributed by atoms with van der Waals surface area (Å²) in [6.45, 7) is 3.03. The van der Waals surface area contributed by atoms with E-state index in [9.17, 15) is 22.4 Å². The molecule has 27 heavy (non-hydrogen) atoms. The molecule has 1 unspecified atom stereocenters. The Bertz CT molecular complexity index is 876. The van der Waals surface area contributed by atoms with E-state index in [0.29, 0.717) is 5.56 Å². The van der Waals surface area contributed by atoms with Gasteiger partial charge in [0.2, 0.25) is 5.91 Å². The van der Waals surface area contributed by atoms with E-state index in [4.69, 9.17) is 5.26 Å². The number of hydrogen-bond donors (Lipinski definition) is 1. The lowest BCUT2D eigenvalue weighted by Crippen LogP contribution is -2.30. The summed E-state index contributed by atoms with van der Waals surface area (Å²) in [5, 5.41) is 10.8. The number of nitrogens with one attached hydrogen (secondary N) is 1. The van der Waals surface area contributed by atoms with Crippen molar-refractivity contribution in [2.24, 2.45) is 0 Å². The van der Waals surface area contributed by atoms with Crippen LogP contribution in [0.4, 0.5) is 17.6 Å². The predicted molar refractivity (Wildman–Crippen MR) is 92.3 cm³/mol. The zero-order valence-corrected chi connectivity index (χ0v) is 15.2. The molecule has 0 aliphatic heterocycles. The summed E-state index contributed by atoms with van der Waals surface area (Å²) in [5.41, 5.74) is -0.898. The molecule has 2 rings (SSSR count). The summed E-state index contributed by atoms with van der Waals surface area (Å²) >= 11 is 0.779. The van der Waals surface area contributed by atoms with Crippen LogP contribution in [0.15, 0.2) is 35.4 Å². The summed E-state index contributed by atoms with van der Waals surface area (Å²) in [5.74, 6) is -0.839. The molecule has 9 heteroatoms. The minimum absolute atomic E-state index is 0.0998. The molecule has 0 saturated carbocycles. The largest absolute Gasteiger partial charge is 0.417 e. The molecule has 0 fully saturated rings. The van der Waals surface area contributed by atoms with E-state index < -0.39 is 34.3 Å². The molecule has 1 aromatic carbocycles. The van der Waals surface area contributed by atoms with Gasteiger partial charge in [-0.1, -0.05) is 23.9 Å². The number of thioether (sulfide) groups is 1. The molecule has 0 saturated heterocycles. The van der Waals surface area contributed by atoms with Gasteiger partial charge in [0.05, 0.1) is 16.4 Å². The number of halogens is 4. The zero-order valence-electron chi connectivity index (χ0n) is 14.4. The van der Waals surface area contributed by atoms with Crippen molar-refractivity contribution in [3.8, 4) is 6.07 Å². The monoisotopic (exact) mass is 397 g/mol. The minimum atomic E-state index is -4.69. The summed E-state index contributed by atoms with van der Waals surface area (Å²) < 4.78 is 52.3. The molecule has 0 radical (unpaired) electrons. The van der Waals surface area contributed by atoms with Crippen LogP contribution in [-0.2, 0) is 17.5 Å². The molecular formula is C18H15F4N3OS. The third-order valence-corrected chi connectivity index (χ3v) is 4.66. The number of aryl methyl sites for hydroxylation is 1. The lowest BCUT2D eigenvalue weighted by Gasteiger charge is -2.15. The third kappa shape index (κ3) is 5.44. The van der Waals surface area contributed by atoms with Gasteiger partial charge in [-0.3, -0.25) is 4.79 Å². The Kier molecular flexibility index (Phi) is 6.44. The Morgan fingerprint density at radius 3 is 2.52 bits per heavy atom. The van der Waals surface area contributed by atoms with Gasteiger partial charge >= 0.3 is 6.18 Å². The lowest BCUT2D eigenvalue weighted by molar-refractivity contribution is -0.138. The SMILES string of the molecule is Cc1cc(C(F)(F)F)c(C#N)c(SC(C)C(=O)NCc2ccc(F)cc2)n1. The van der Waals surface area contributed by atoms with E-state index in [0.717, 1.165) is 17.8 Å². The number of amides is 1. The minimum Gasteiger partial charge on any atom is -0.351 e. The second-order valence-corrected chi connectivity index (χ2v) is 7.03. The van der Waals surface area contributed by atoms with Gasteiger partial charge < -0.3 is 5.32 Å². The highest BCUT2D eigenvalue weighted by Gasteiger charge is 2.36. The summed E-state index contributed by atoms with van der Waals surface area (Å²) in [6, 6.07) is 7.88. The fourth-order valence-corrected chi connectivity index (χ4v) is 3.21. The van der Waals surface area contributed by atoms with Gasteiger partial charge in [0.1, 0.15) is 16.9 Å². The van der Waals surface area contributed by atoms with Crippen LogP contribution in [0, 0.1) is 24.1 Å². The highest BCUT2D eigenvalue weighted by atomic mass is 32.2. The first-order valence-corrected chi connectivity index (χ1v) is 8.67.